The van der Waals surface area contributed by atoms with E-state index in [1.807, 2.05) is 24.4 Å². The minimum absolute atomic E-state index is 0.0135. The van der Waals surface area contributed by atoms with E-state index in [1.54, 1.807) is 37.5 Å². The van der Waals surface area contributed by atoms with Gasteiger partial charge in [-0.05, 0) is 67.3 Å². The fourth-order valence-corrected chi connectivity index (χ4v) is 5.39. The largest absolute Gasteiger partial charge is 0.478 e. The van der Waals surface area contributed by atoms with Gasteiger partial charge in [0.15, 0.2) is 0 Å². The van der Waals surface area contributed by atoms with Gasteiger partial charge in [0, 0.05) is 41.5 Å². The highest BCUT2D eigenvalue weighted by atomic mass is 35.5. The summed E-state index contributed by atoms with van der Waals surface area (Å²) in [6, 6.07) is 6.53. The molecule has 190 valence electrons. The number of rotatable bonds is 5. The number of nitrogens with zero attached hydrogens (tertiary/aromatic N) is 2. The number of nitrogens with one attached hydrogen (secondary N) is 1. The number of carboxylic acids is 1. The van der Waals surface area contributed by atoms with Crippen LogP contribution in [0.1, 0.15) is 29.6 Å². The number of halogens is 2. The summed E-state index contributed by atoms with van der Waals surface area (Å²) < 4.78 is 20.8. The van der Waals surface area contributed by atoms with Crippen LogP contribution < -0.4 is 5.32 Å². The van der Waals surface area contributed by atoms with Crippen molar-refractivity contribution in [1.82, 2.24) is 0 Å². The molecule has 37 heavy (non-hydrogen) atoms. The van der Waals surface area contributed by atoms with Crippen molar-refractivity contribution in [3.63, 3.8) is 0 Å². The van der Waals surface area contributed by atoms with Crippen LogP contribution in [-0.2, 0) is 4.74 Å². The first-order valence-electron chi connectivity index (χ1n) is 12.2. The van der Waals surface area contributed by atoms with E-state index >= 15 is 4.39 Å². The fraction of sp³-hybridized carbons (Fsp3) is 0.276. The third kappa shape index (κ3) is 5.29. The lowest BCUT2D eigenvalue weighted by Crippen LogP contribution is -2.31. The first kappa shape index (κ1) is 25.1. The summed E-state index contributed by atoms with van der Waals surface area (Å²) in [5.74, 6) is -0.824. The summed E-state index contributed by atoms with van der Waals surface area (Å²) in [6.45, 7) is 0.373. The van der Waals surface area contributed by atoms with Crippen molar-refractivity contribution in [3.05, 3.63) is 99.7 Å². The smallest absolute Gasteiger partial charge is 0.335 e. The van der Waals surface area contributed by atoms with Crippen molar-refractivity contribution < 1.29 is 19.0 Å². The van der Waals surface area contributed by atoms with E-state index in [9.17, 15) is 4.79 Å². The molecule has 0 spiro atoms. The van der Waals surface area contributed by atoms with Gasteiger partial charge in [-0.25, -0.2) is 14.2 Å². The lowest BCUT2D eigenvalue weighted by molar-refractivity contribution is 0.0697. The molecule has 3 atom stereocenters. The predicted molar refractivity (Wildman–Crippen MR) is 145 cm³/mol. The molecule has 6 nitrogen and oxygen atoms in total. The molecule has 0 saturated carbocycles. The Morgan fingerprint density at radius 1 is 1.22 bits per heavy atom. The zero-order valence-electron chi connectivity index (χ0n) is 20.3. The summed E-state index contributed by atoms with van der Waals surface area (Å²) in [7, 11) is 1.59. The molecule has 2 N–H and O–H groups in total. The number of ether oxygens (including phenoxy) is 1. The van der Waals surface area contributed by atoms with Crippen molar-refractivity contribution in [2.24, 2.45) is 21.8 Å². The highest BCUT2D eigenvalue weighted by Gasteiger charge is 2.37. The molecule has 2 heterocycles. The maximum Gasteiger partial charge on any atom is 0.335 e. The van der Waals surface area contributed by atoms with Gasteiger partial charge >= 0.3 is 5.97 Å². The molecule has 1 aromatic carbocycles. The molecule has 0 amide bonds. The molecule has 4 aliphatic rings. The molecule has 0 saturated heterocycles. The second-order valence-electron chi connectivity index (χ2n) is 9.23. The highest BCUT2D eigenvalue weighted by Crippen LogP contribution is 2.41. The Kier molecular flexibility index (Phi) is 7.35. The Hall–Kier alpha value is -3.55. The molecule has 8 heteroatoms. The van der Waals surface area contributed by atoms with Gasteiger partial charge in [-0.2, -0.15) is 0 Å². The second-order valence-corrected chi connectivity index (χ2v) is 9.67. The van der Waals surface area contributed by atoms with Gasteiger partial charge in [-0.15, -0.1) is 0 Å². The Labute approximate surface area is 220 Å². The van der Waals surface area contributed by atoms with Crippen LogP contribution in [0.2, 0.25) is 0 Å². The Balaban J connectivity index is 1.46. The lowest BCUT2D eigenvalue weighted by Gasteiger charge is -2.31. The molecule has 0 fully saturated rings. The van der Waals surface area contributed by atoms with Gasteiger partial charge in [0.05, 0.1) is 23.9 Å². The van der Waals surface area contributed by atoms with Gasteiger partial charge < -0.3 is 15.2 Å². The van der Waals surface area contributed by atoms with Gasteiger partial charge in [0.25, 0.3) is 0 Å². The first-order chi connectivity index (χ1) is 17.9. The van der Waals surface area contributed by atoms with Gasteiger partial charge in [-0.3, -0.25) is 4.99 Å². The SMILES string of the molecule is COC1CC=CC(F)=C1C1=NCC2=C(CC/C=C(Nc3ccc(C(=O)O)cc3)\N=C/2)C2C=CC(Cl)=CC12. The van der Waals surface area contributed by atoms with Crippen LogP contribution in [0.3, 0.4) is 0 Å². The molecule has 0 aromatic heterocycles. The van der Waals surface area contributed by atoms with Crippen LogP contribution >= 0.6 is 11.6 Å². The number of carbonyl (C=O) groups is 1. The van der Waals surface area contributed by atoms with Gasteiger partial charge in [0.2, 0.25) is 0 Å². The Morgan fingerprint density at radius 3 is 2.78 bits per heavy atom. The number of hydrogen-bond acceptors (Lipinski definition) is 5. The van der Waals surface area contributed by atoms with E-state index in [4.69, 9.17) is 31.4 Å². The number of allylic oxidation sites excluding steroid dienone is 8. The van der Waals surface area contributed by atoms with Crippen LogP contribution in [-0.4, -0.2) is 42.8 Å². The second kappa shape index (κ2) is 10.8. The van der Waals surface area contributed by atoms with Crippen molar-refractivity contribution in [1.29, 1.82) is 0 Å². The van der Waals surface area contributed by atoms with Gasteiger partial charge in [-0.1, -0.05) is 35.4 Å². The zero-order valence-corrected chi connectivity index (χ0v) is 21.1. The molecule has 1 aromatic rings. The third-order valence-electron chi connectivity index (χ3n) is 7.01. The van der Waals surface area contributed by atoms with Crippen LogP contribution in [0.4, 0.5) is 10.1 Å². The van der Waals surface area contributed by atoms with Crippen LogP contribution in [0.25, 0.3) is 0 Å². The zero-order chi connectivity index (χ0) is 25.9. The van der Waals surface area contributed by atoms with Crippen LogP contribution in [0, 0.1) is 11.8 Å². The van der Waals surface area contributed by atoms with E-state index < -0.39 is 12.1 Å². The van der Waals surface area contributed by atoms with E-state index in [-0.39, 0.29) is 23.2 Å². The normalized spacial score (nSPS) is 27.5. The standard InChI is InChI=1S/C29H27ClFN3O3/c1-37-25-6-3-5-24(31)27(25)28-23-14-19(30)10-13-22(23)21-4-2-7-26(32-15-18(21)16-33-28)34-20-11-8-17(9-12-20)29(35)36/h3,5,7-15,22-23,25,34H,2,4,6,16H2,1H3,(H,35,36)/b26-7+,32-15-. The quantitative estimate of drug-likeness (QED) is 0.473. The lowest BCUT2D eigenvalue weighted by atomic mass is 9.74. The number of fused-ring (bicyclic) bond motifs is 2. The molecular weight excluding hydrogens is 493 g/mol. The molecule has 5 rings (SSSR count). The third-order valence-corrected chi connectivity index (χ3v) is 7.26. The molecule has 0 bridgehead atoms. The molecule has 2 aliphatic carbocycles. The minimum Gasteiger partial charge on any atom is -0.478 e. The Morgan fingerprint density at radius 2 is 2.03 bits per heavy atom. The molecular formula is C29H27ClFN3O3. The average Bonchev–Trinajstić information content (AvgIpc) is 3.02. The number of aromatic carboxylic acids is 1. The van der Waals surface area contributed by atoms with E-state index in [0.717, 1.165) is 24.1 Å². The number of aliphatic imine (C=N–C) groups is 2. The maximum atomic E-state index is 15.2. The average molecular weight is 520 g/mol. The van der Waals surface area contributed by atoms with E-state index in [0.29, 0.717) is 35.1 Å². The van der Waals surface area contributed by atoms with Crippen molar-refractivity contribution in [2.75, 3.05) is 19.0 Å². The molecule has 0 radical (unpaired) electrons. The maximum absolute atomic E-state index is 15.2. The van der Waals surface area contributed by atoms with Crippen LogP contribution in [0.15, 0.2) is 104 Å². The number of methoxy groups -OCH3 is 1. The summed E-state index contributed by atoms with van der Waals surface area (Å²) >= 11 is 6.43. The highest BCUT2D eigenvalue weighted by molar-refractivity contribution is 6.31. The first-order valence-corrected chi connectivity index (χ1v) is 12.6. The van der Waals surface area contributed by atoms with E-state index in [1.165, 1.54) is 11.6 Å². The van der Waals surface area contributed by atoms with Crippen molar-refractivity contribution in [2.45, 2.75) is 25.4 Å². The monoisotopic (exact) mass is 519 g/mol. The number of carboxylic acid groups (broad SMARTS) is 1. The molecule has 2 aliphatic heterocycles. The minimum atomic E-state index is -0.967. The van der Waals surface area contributed by atoms with Gasteiger partial charge in [0.1, 0.15) is 11.6 Å². The predicted octanol–water partition coefficient (Wildman–Crippen LogP) is 6.38. The number of anilines is 1. The molecule has 3 unspecified atom stereocenters. The summed E-state index contributed by atoms with van der Waals surface area (Å²) in [4.78, 5) is 20.7. The summed E-state index contributed by atoms with van der Waals surface area (Å²) in [6.07, 6.45) is 14.8. The number of benzene rings is 1. The fourth-order valence-electron chi connectivity index (χ4n) is 5.18. The summed E-state index contributed by atoms with van der Waals surface area (Å²) in [5, 5.41) is 13.0. The Bertz CT molecular complexity index is 1350. The summed E-state index contributed by atoms with van der Waals surface area (Å²) in [5.41, 5.74) is 4.35. The van der Waals surface area contributed by atoms with Crippen molar-refractivity contribution in [3.8, 4) is 0 Å². The van der Waals surface area contributed by atoms with Crippen molar-refractivity contribution >= 4 is 35.2 Å². The van der Waals surface area contributed by atoms with E-state index in [2.05, 4.69) is 11.4 Å². The van der Waals surface area contributed by atoms with Crippen LogP contribution in [0.5, 0.6) is 0 Å². The number of hydrogen-bond donors (Lipinski definition) is 2. The topological polar surface area (TPSA) is 83.3 Å².